The molecule has 4 atom stereocenters. The highest BCUT2D eigenvalue weighted by Gasteiger charge is 2.30. The second-order valence-corrected chi connectivity index (χ2v) is 10.0. The molecule has 0 unspecified atom stereocenters. The number of aromatic nitrogens is 3. The zero-order valence-electron chi connectivity index (χ0n) is 20.0. The first-order valence-electron chi connectivity index (χ1n) is 12.4. The lowest BCUT2D eigenvalue weighted by molar-refractivity contribution is 0.440. The molecule has 8 N–H and O–H groups in total. The van der Waals surface area contributed by atoms with E-state index in [1.807, 2.05) is 12.1 Å². The summed E-state index contributed by atoms with van der Waals surface area (Å²) in [6, 6.07) is 6.50. The number of piperidine rings is 2. The van der Waals surface area contributed by atoms with Crippen LogP contribution in [0.3, 0.4) is 0 Å². The molecule has 11 nitrogen and oxygen atoms in total. The summed E-state index contributed by atoms with van der Waals surface area (Å²) in [4.78, 5) is 23.1. The quantitative estimate of drug-likeness (QED) is 0.424. The molecule has 1 aromatic heterocycles. The molecule has 0 spiro atoms. The van der Waals surface area contributed by atoms with Crippen LogP contribution in [-0.2, 0) is 0 Å². The van der Waals surface area contributed by atoms with Crippen LogP contribution in [0.4, 0.5) is 27.9 Å². The third-order valence-electron chi connectivity index (χ3n) is 6.95. The second-order valence-electron chi connectivity index (χ2n) is 10.0. The van der Waals surface area contributed by atoms with Crippen LogP contribution in [0.15, 0.2) is 24.3 Å². The van der Waals surface area contributed by atoms with Crippen molar-refractivity contribution in [2.24, 2.45) is 22.9 Å². The van der Waals surface area contributed by atoms with Gasteiger partial charge in [0.25, 0.3) is 0 Å². The van der Waals surface area contributed by atoms with Gasteiger partial charge in [0.15, 0.2) is 0 Å². The average Bonchev–Trinajstić information content (AvgIpc) is 2.83. The summed E-state index contributed by atoms with van der Waals surface area (Å²) in [5.74, 6) is 1.57. The first-order chi connectivity index (χ1) is 16.8. The third kappa shape index (κ3) is 5.56. The normalized spacial score (nSPS) is 27.9. The molecule has 0 radical (unpaired) electrons. The van der Waals surface area contributed by atoms with Crippen LogP contribution < -0.4 is 42.5 Å². The molecular formula is C23H36FN11. The van der Waals surface area contributed by atoms with E-state index < -0.39 is 0 Å². The Kier molecular flexibility index (Phi) is 6.87. The van der Waals surface area contributed by atoms with Crippen molar-refractivity contribution in [1.82, 2.24) is 15.0 Å². The number of halogens is 1. The molecular weight excluding hydrogens is 449 g/mol. The van der Waals surface area contributed by atoms with Crippen molar-refractivity contribution in [3.8, 4) is 0 Å². The molecule has 3 fully saturated rings. The van der Waals surface area contributed by atoms with Crippen LogP contribution in [0.25, 0.3) is 0 Å². The number of benzene rings is 1. The minimum Gasteiger partial charge on any atom is -0.368 e. The Hall–Kier alpha value is -2.80. The molecule has 1 aromatic carbocycles. The van der Waals surface area contributed by atoms with Gasteiger partial charge in [-0.2, -0.15) is 15.0 Å². The van der Waals surface area contributed by atoms with Gasteiger partial charge < -0.3 is 42.5 Å². The molecule has 35 heavy (non-hydrogen) atoms. The zero-order valence-corrected chi connectivity index (χ0v) is 20.0. The van der Waals surface area contributed by atoms with Crippen LogP contribution in [0.2, 0.25) is 0 Å². The predicted octanol–water partition coefficient (Wildman–Crippen LogP) is -0.933. The topological polar surface area (TPSA) is 156 Å². The van der Waals surface area contributed by atoms with E-state index >= 15 is 0 Å². The molecule has 0 amide bonds. The van der Waals surface area contributed by atoms with Gasteiger partial charge in [-0.3, -0.25) is 0 Å². The Labute approximate surface area is 205 Å². The van der Waals surface area contributed by atoms with Gasteiger partial charge in [-0.05, 0) is 37.1 Å². The lowest BCUT2D eigenvalue weighted by atomic mass is 10.0. The van der Waals surface area contributed by atoms with Crippen molar-refractivity contribution in [1.29, 1.82) is 0 Å². The first kappa shape index (κ1) is 23.9. The third-order valence-corrected chi connectivity index (χ3v) is 6.95. The minimum atomic E-state index is -0.230. The minimum absolute atomic E-state index is 0.0292. The highest BCUT2D eigenvalue weighted by atomic mass is 19.1. The number of hydrogen-bond donors (Lipinski definition) is 4. The highest BCUT2D eigenvalue weighted by molar-refractivity contribution is 5.51. The molecule has 0 bridgehead atoms. The predicted molar refractivity (Wildman–Crippen MR) is 136 cm³/mol. The van der Waals surface area contributed by atoms with Crippen LogP contribution in [0.1, 0.15) is 12.8 Å². The van der Waals surface area contributed by atoms with Crippen molar-refractivity contribution in [2.45, 2.75) is 37.0 Å². The van der Waals surface area contributed by atoms with Gasteiger partial charge in [-0.25, -0.2) is 4.39 Å². The number of anilines is 4. The summed E-state index contributed by atoms with van der Waals surface area (Å²) in [6.45, 7) is 5.61. The summed E-state index contributed by atoms with van der Waals surface area (Å²) < 4.78 is 13.3. The van der Waals surface area contributed by atoms with Crippen molar-refractivity contribution in [3.05, 3.63) is 30.1 Å². The number of nitrogens with two attached hydrogens (primary N) is 4. The van der Waals surface area contributed by atoms with E-state index in [1.54, 1.807) is 0 Å². The summed E-state index contributed by atoms with van der Waals surface area (Å²) in [7, 11) is 0. The summed E-state index contributed by atoms with van der Waals surface area (Å²) in [5.41, 5.74) is 26.0. The Bertz CT molecular complexity index is 933. The van der Waals surface area contributed by atoms with Gasteiger partial charge in [0.05, 0.1) is 0 Å². The molecule has 3 aliphatic heterocycles. The van der Waals surface area contributed by atoms with E-state index in [-0.39, 0.29) is 30.0 Å². The number of nitrogens with zero attached hydrogens (tertiary/aromatic N) is 7. The Morgan fingerprint density at radius 3 is 1.37 bits per heavy atom. The van der Waals surface area contributed by atoms with Crippen LogP contribution in [0, 0.1) is 5.82 Å². The molecule has 2 aromatic rings. The van der Waals surface area contributed by atoms with Gasteiger partial charge in [0.2, 0.25) is 17.8 Å². The lowest BCUT2D eigenvalue weighted by Gasteiger charge is -2.39. The van der Waals surface area contributed by atoms with Crippen LogP contribution in [0.5, 0.6) is 0 Å². The van der Waals surface area contributed by atoms with Crippen LogP contribution >= 0.6 is 0 Å². The lowest BCUT2D eigenvalue weighted by Crippen LogP contribution is -2.54. The van der Waals surface area contributed by atoms with E-state index in [2.05, 4.69) is 19.6 Å². The van der Waals surface area contributed by atoms with Crippen LogP contribution in [-0.4, -0.2) is 91.5 Å². The molecule has 5 rings (SSSR count). The largest absolute Gasteiger partial charge is 0.368 e. The monoisotopic (exact) mass is 485 g/mol. The number of piperazine rings is 1. The number of rotatable bonds is 4. The molecule has 12 heteroatoms. The van der Waals surface area contributed by atoms with E-state index in [9.17, 15) is 4.39 Å². The fourth-order valence-electron chi connectivity index (χ4n) is 5.27. The molecule has 0 saturated carbocycles. The fourth-order valence-corrected chi connectivity index (χ4v) is 5.27. The standard InChI is InChI=1S/C23H36FN11/c24-15-1-3-20(4-2-15)32-5-7-33(8-6-32)21-29-22(34-11-16(25)9-17(26)12-34)31-23(30-21)35-13-18(27)10-19(28)14-35/h1-4,16-19H,5-14,25-28H2/t16-,17+,18-,19+. The van der Waals surface area contributed by atoms with Gasteiger partial charge >= 0.3 is 0 Å². The van der Waals surface area contributed by atoms with Crippen molar-refractivity contribution < 1.29 is 4.39 Å². The summed E-state index contributed by atoms with van der Waals surface area (Å²) in [6.07, 6.45) is 1.56. The second kappa shape index (κ2) is 10.1. The van der Waals surface area contributed by atoms with E-state index in [0.29, 0.717) is 44.0 Å². The van der Waals surface area contributed by atoms with Gasteiger partial charge in [-0.1, -0.05) is 0 Å². The summed E-state index contributed by atoms with van der Waals surface area (Å²) in [5, 5.41) is 0. The van der Waals surface area contributed by atoms with Gasteiger partial charge in [0, 0.05) is 82.2 Å². The van der Waals surface area contributed by atoms with Gasteiger partial charge in [-0.15, -0.1) is 0 Å². The van der Waals surface area contributed by atoms with Crippen molar-refractivity contribution in [2.75, 3.05) is 72.0 Å². The van der Waals surface area contributed by atoms with E-state index in [0.717, 1.165) is 44.7 Å². The van der Waals surface area contributed by atoms with Crippen molar-refractivity contribution in [3.63, 3.8) is 0 Å². The average molecular weight is 486 g/mol. The molecule has 190 valence electrons. The highest BCUT2D eigenvalue weighted by Crippen LogP contribution is 2.25. The van der Waals surface area contributed by atoms with E-state index in [1.165, 1.54) is 12.1 Å². The number of hydrogen-bond acceptors (Lipinski definition) is 11. The molecule has 0 aliphatic carbocycles. The Morgan fingerprint density at radius 1 is 0.571 bits per heavy atom. The zero-order chi connectivity index (χ0) is 24.5. The molecule has 4 heterocycles. The Morgan fingerprint density at radius 2 is 0.943 bits per heavy atom. The van der Waals surface area contributed by atoms with Gasteiger partial charge in [0.1, 0.15) is 5.82 Å². The maximum atomic E-state index is 13.3. The molecule has 3 saturated heterocycles. The SMILES string of the molecule is N[C@@H]1C[C@H](N)CN(c2nc(N3CCN(c4ccc(F)cc4)CC3)nc(N3C[C@H](N)C[C@H](N)C3)n2)C1. The van der Waals surface area contributed by atoms with E-state index in [4.69, 9.17) is 37.9 Å². The maximum Gasteiger partial charge on any atom is 0.232 e. The Balaban J connectivity index is 1.39. The maximum absolute atomic E-state index is 13.3. The summed E-state index contributed by atoms with van der Waals surface area (Å²) >= 11 is 0. The smallest absolute Gasteiger partial charge is 0.232 e. The molecule has 3 aliphatic rings. The fraction of sp³-hybridized carbons (Fsp3) is 0.609. The van der Waals surface area contributed by atoms with Crippen molar-refractivity contribution >= 4 is 23.5 Å². The first-order valence-corrected chi connectivity index (χ1v) is 12.4.